The number of hydrogen-bond donors (Lipinski definition) is 1. The van der Waals surface area contributed by atoms with Crippen molar-refractivity contribution in [2.75, 3.05) is 26.2 Å². The Hall–Kier alpha value is -0.570. The zero-order valence-electron chi connectivity index (χ0n) is 13.1. The second-order valence-corrected chi connectivity index (χ2v) is 5.85. The third-order valence-electron chi connectivity index (χ3n) is 4.23. The van der Waals surface area contributed by atoms with Gasteiger partial charge < -0.3 is 10.2 Å². The Labute approximate surface area is 119 Å². The maximum atomic E-state index is 12.5. The van der Waals surface area contributed by atoms with Gasteiger partial charge in [-0.25, -0.2) is 0 Å². The summed E-state index contributed by atoms with van der Waals surface area (Å²) >= 11 is 0. The maximum Gasteiger partial charge on any atom is 0.225 e. The number of hydrogen-bond acceptors (Lipinski definition) is 2. The molecule has 1 heterocycles. The molecule has 1 aliphatic heterocycles. The van der Waals surface area contributed by atoms with Crippen molar-refractivity contribution in [2.24, 2.45) is 11.8 Å². The Kier molecular flexibility index (Phi) is 8.11. The summed E-state index contributed by atoms with van der Waals surface area (Å²) < 4.78 is 0. The lowest BCUT2D eigenvalue weighted by molar-refractivity contribution is -0.137. The molecular formula is C16H32N2O. The van der Waals surface area contributed by atoms with Crippen LogP contribution in [0.2, 0.25) is 0 Å². The first-order valence-corrected chi connectivity index (χ1v) is 8.22. The summed E-state index contributed by atoms with van der Waals surface area (Å²) in [5.41, 5.74) is 0. The monoisotopic (exact) mass is 268 g/mol. The molecule has 0 bridgehead atoms. The number of rotatable bonds is 8. The maximum absolute atomic E-state index is 12.5. The second kappa shape index (κ2) is 9.35. The van der Waals surface area contributed by atoms with E-state index >= 15 is 0 Å². The SMILES string of the molecule is CCCC(CCC)C(=O)N1CCC(CNCC)CC1. The van der Waals surface area contributed by atoms with Crippen molar-refractivity contribution in [3.8, 4) is 0 Å². The lowest BCUT2D eigenvalue weighted by Crippen LogP contribution is -2.43. The van der Waals surface area contributed by atoms with Crippen molar-refractivity contribution in [1.82, 2.24) is 10.2 Å². The molecule has 0 radical (unpaired) electrons. The molecule has 19 heavy (non-hydrogen) atoms. The van der Waals surface area contributed by atoms with Gasteiger partial charge >= 0.3 is 0 Å². The summed E-state index contributed by atoms with van der Waals surface area (Å²) in [7, 11) is 0. The third kappa shape index (κ3) is 5.52. The largest absolute Gasteiger partial charge is 0.342 e. The number of nitrogens with zero attached hydrogens (tertiary/aromatic N) is 1. The average Bonchev–Trinajstić information content (AvgIpc) is 2.44. The first-order chi connectivity index (χ1) is 9.22. The highest BCUT2D eigenvalue weighted by Gasteiger charge is 2.26. The first kappa shape index (κ1) is 16.5. The van der Waals surface area contributed by atoms with E-state index in [1.807, 2.05) is 0 Å². The van der Waals surface area contributed by atoms with Crippen LogP contribution in [0.3, 0.4) is 0 Å². The normalized spacial score (nSPS) is 17.2. The summed E-state index contributed by atoms with van der Waals surface area (Å²) in [5.74, 6) is 1.46. The molecule has 0 saturated carbocycles. The fourth-order valence-electron chi connectivity index (χ4n) is 3.05. The Balaban J connectivity index is 2.37. The van der Waals surface area contributed by atoms with E-state index in [0.717, 1.165) is 57.8 Å². The molecule has 0 atom stereocenters. The highest BCUT2D eigenvalue weighted by atomic mass is 16.2. The van der Waals surface area contributed by atoms with E-state index in [2.05, 4.69) is 31.0 Å². The standard InChI is InChI=1S/C16H32N2O/c1-4-7-15(8-5-2)16(19)18-11-9-14(10-12-18)13-17-6-3/h14-15,17H,4-13H2,1-3H3. The Morgan fingerprint density at radius 3 is 2.21 bits per heavy atom. The molecule has 1 N–H and O–H groups in total. The first-order valence-electron chi connectivity index (χ1n) is 8.22. The van der Waals surface area contributed by atoms with Crippen molar-refractivity contribution >= 4 is 5.91 Å². The Bertz CT molecular complexity index is 241. The lowest BCUT2D eigenvalue weighted by atomic mass is 9.92. The summed E-state index contributed by atoms with van der Waals surface area (Å²) in [6, 6.07) is 0. The molecule has 0 aromatic rings. The second-order valence-electron chi connectivity index (χ2n) is 5.85. The smallest absolute Gasteiger partial charge is 0.225 e. The minimum Gasteiger partial charge on any atom is -0.342 e. The Morgan fingerprint density at radius 1 is 1.16 bits per heavy atom. The van der Waals surface area contributed by atoms with Crippen molar-refractivity contribution in [2.45, 2.75) is 59.3 Å². The summed E-state index contributed by atoms with van der Waals surface area (Å²) in [6.45, 7) is 10.6. The van der Waals surface area contributed by atoms with Crippen LogP contribution in [0.15, 0.2) is 0 Å². The molecule has 0 aliphatic carbocycles. The van der Waals surface area contributed by atoms with Crippen LogP contribution in [0.5, 0.6) is 0 Å². The van der Waals surface area contributed by atoms with Crippen molar-refractivity contribution in [3.05, 3.63) is 0 Å². The highest BCUT2D eigenvalue weighted by Crippen LogP contribution is 2.22. The molecule has 1 fully saturated rings. The van der Waals surface area contributed by atoms with E-state index in [-0.39, 0.29) is 5.92 Å². The van der Waals surface area contributed by atoms with Crippen LogP contribution in [0.4, 0.5) is 0 Å². The number of amides is 1. The van der Waals surface area contributed by atoms with Crippen molar-refractivity contribution < 1.29 is 4.79 Å². The number of carbonyl (C=O) groups is 1. The molecular weight excluding hydrogens is 236 g/mol. The van der Waals surface area contributed by atoms with Crippen LogP contribution in [-0.4, -0.2) is 37.0 Å². The molecule has 3 heteroatoms. The van der Waals surface area contributed by atoms with Gasteiger partial charge in [0.15, 0.2) is 0 Å². The van der Waals surface area contributed by atoms with Crippen LogP contribution < -0.4 is 5.32 Å². The summed E-state index contributed by atoms with van der Waals surface area (Å²) in [5, 5.41) is 3.42. The lowest BCUT2D eigenvalue weighted by Gasteiger charge is -2.34. The fraction of sp³-hybridized carbons (Fsp3) is 0.938. The van der Waals surface area contributed by atoms with Gasteiger partial charge in [-0.3, -0.25) is 4.79 Å². The summed E-state index contributed by atoms with van der Waals surface area (Å²) in [4.78, 5) is 14.6. The summed E-state index contributed by atoms with van der Waals surface area (Å²) in [6.07, 6.45) is 6.70. The molecule has 0 unspecified atom stereocenters. The number of nitrogens with one attached hydrogen (secondary N) is 1. The molecule has 112 valence electrons. The zero-order chi connectivity index (χ0) is 14.1. The van der Waals surface area contributed by atoms with Gasteiger partial charge in [0.05, 0.1) is 0 Å². The molecule has 0 aromatic carbocycles. The minimum atomic E-state index is 0.278. The van der Waals surface area contributed by atoms with E-state index in [1.54, 1.807) is 0 Å². The van der Waals surface area contributed by atoms with Gasteiger partial charge in [-0.05, 0) is 44.7 Å². The van der Waals surface area contributed by atoms with Gasteiger partial charge in [0.25, 0.3) is 0 Å². The number of carbonyl (C=O) groups excluding carboxylic acids is 1. The van der Waals surface area contributed by atoms with Gasteiger partial charge in [-0.1, -0.05) is 33.6 Å². The average molecular weight is 268 g/mol. The van der Waals surface area contributed by atoms with Crippen LogP contribution in [0.1, 0.15) is 59.3 Å². The predicted octanol–water partition coefficient (Wildman–Crippen LogP) is 3.05. The van der Waals surface area contributed by atoms with Crippen molar-refractivity contribution in [1.29, 1.82) is 0 Å². The minimum absolute atomic E-state index is 0.278. The van der Waals surface area contributed by atoms with E-state index in [1.165, 1.54) is 12.8 Å². The zero-order valence-corrected chi connectivity index (χ0v) is 13.1. The van der Waals surface area contributed by atoms with Crippen LogP contribution in [0, 0.1) is 11.8 Å². The molecule has 0 aromatic heterocycles. The van der Waals surface area contributed by atoms with Gasteiger partial charge in [0, 0.05) is 19.0 Å². The number of likely N-dealkylation sites (tertiary alicyclic amines) is 1. The molecule has 1 rings (SSSR count). The molecule has 1 amide bonds. The van der Waals surface area contributed by atoms with Gasteiger partial charge in [-0.15, -0.1) is 0 Å². The van der Waals surface area contributed by atoms with E-state index < -0.39 is 0 Å². The van der Waals surface area contributed by atoms with Crippen molar-refractivity contribution in [3.63, 3.8) is 0 Å². The Morgan fingerprint density at radius 2 is 1.74 bits per heavy atom. The van der Waals surface area contributed by atoms with Crippen LogP contribution in [0.25, 0.3) is 0 Å². The van der Waals surface area contributed by atoms with E-state index in [0.29, 0.717) is 5.91 Å². The quantitative estimate of drug-likeness (QED) is 0.734. The van der Waals surface area contributed by atoms with Gasteiger partial charge in [0.1, 0.15) is 0 Å². The van der Waals surface area contributed by atoms with E-state index in [9.17, 15) is 4.79 Å². The van der Waals surface area contributed by atoms with Crippen LogP contribution >= 0.6 is 0 Å². The van der Waals surface area contributed by atoms with Gasteiger partial charge in [0.2, 0.25) is 5.91 Å². The highest BCUT2D eigenvalue weighted by molar-refractivity contribution is 5.78. The molecule has 0 spiro atoms. The van der Waals surface area contributed by atoms with Crippen LogP contribution in [-0.2, 0) is 4.79 Å². The van der Waals surface area contributed by atoms with E-state index in [4.69, 9.17) is 0 Å². The number of piperidine rings is 1. The topological polar surface area (TPSA) is 32.3 Å². The van der Waals surface area contributed by atoms with Gasteiger partial charge in [-0.2, -0.15) is 0 Å². The molecule has 3 nitrogen and oxygen atoms in total. The molecule has 1 saturated heterocycles. The third-order valence-corrected chi connectivity index (χ3v) is 4.23. The molecule has 1 aliphatic rings. The predicted molar refractivity (Wildman–Crippen MR) is 81.2 cm³/mol. The fourth-order valence-corrected chi connectivity index (χ4v) is 3.05.